The van der Waals surface area contributed by atoms with Gasteiger partial charge in [0.05, 0.1) is 6.61 Å². The molecule has 2 aromatic rings. The Morgan fingerprint density at radius 3 is 3.11 bits per heavy atom. The van der Waals surface area contributed by atoms with Gasteiger partial charge in [0.2, 0.25) is 0 Å². The van der Waals surface area contributed by atoms with Gasteiger partial charge in [0.15, 0.2) is 0 Å². The predicted molar refractivity (Wildman–Crippen MR) is 75.9 cm³/mol. The first kappa shape index (κ1) is 13.6. The highest BCUT2D eigenvalue weighted by molar-refractivity contribution is 5.82. The molecule has 0 saturated heterocycles. The second kappa shape index (κ2) is 6.95. The predicted octanol–water partition coefficient (Wildman–Crippen LogP) is 2.60. The summed E-state index contributed by atoms with van der Waals surface area (Å²) in [6.45, 7) is 3.92. The number of hydrogen-bond acceptors (Lipinski definition) is 3. The molecule has 0 fully saturated rings. The molecular weight excluding hydrogens is 240 g/mol. The van der Waals surface area contributed by atoms with Crippen molar-refractivity contribution in [2.24, 2.45) is 0 Å². The van der Waals surface area contributed by atoms with Crippen molar-refractivity contribution in [3.8, 4) is 0 Å². The second-order valence-electron chi connectivity index (χ2n) is 4.44. The molecule has 2 rings (SSSR count). The van der Waals surface area contributed by atoms with Crippen LogP contribution in [0.2, 0.25) is 0 Å². The van der Waals surface area contributed by atoms with Crippen LogP contribution in [0.1, 0.15) is 25.3 Å². The highest BCUT2D eigenvalue weighted by Crippen LogP contribution is 2.16. The maximum absolute atomic E-state index is 11.2. The van der Waals surface area contributed by atoms with Crippen molar-refractivity contribution in [3.63, 3.8) is 0 Å². The van der Waals surface area contributed by atoms with E-state index in [1.807, 2.05) is 13.1 Å². The zero-order valence-corrected chi connectivity index (χ0v) is 11.2. The molecule has 19 heavy (non-hydrogen) atoms. The molecule has 0 aliphatic rings. The first-order valence-corrected chi connectivity index (χ1v) is 6.72. The molecule has 0 amide bonds. The number of nitrogens with one attached hydrogen (secondary N) is 2. The van der Waals surface area contributed by atoms with E-state index in [9.17, 15) is 4.79 Å². The van der Waals surface area contributed by atoms with E-state index in [1.54, 1.807) is 0 Å². The van der Waals surface area contributed by atoms with Crippen LogP contribution in [0, 0.1) is 0 Å². The number of benzene rings is 1. The number of carbonyl (C=O) groups excluding carboxylic acids is 1. The lowest BCUT2D eigenvalue weighted by molar-refractivity contribution is -0.143. The summed E-state index contributed by atoms with van der Waals surface area (Å²) in [5.41, 5.74) is 2.43. The fraction of sp³-hybridized carbons (Fsp3) is 0.400. The lowest BCUT2D eigenvalue weighted by Crippen LogP contribution is -2.16. The molecule has 0 bridgehead atoms. The Bertz CT molecular complexity index is 534. The SMILES string of the molecule is CCOC(=O)CCCNCc1cccc2[nH]ccc12. The smallest absolute Gasteiger partial charge is 0.305 e. The third-order valence-electron chi connectivity index (χ3n) is 3.04. The summed E-state index contributed by atoms with van der Waals surface area (Å²) < 4.78 is 4.88. The number of hydrogen-bond donors (Lipinski definition) is 2. The fourth-order valence-electron chi connectivity index (χ4n) is 2.12. The minimum absolute atomic E-state index is 0.114. The highest BCUT2D eigenvalue weighted by atomic mass is 16.5. The summed E-state index contributed by atoms with van der Waals surface area (Å²) in [6.07, 6.45) is 3.24. The summed E-state index contributed by atoms with van der Waals surface area (Å²) in [7, 11) is 0. The number of H-pyrrole nitrogens is 1. The molecule has 0 spiro atoms. The van der Waals surface area contributed by atoms with Crippen molar-refractivity contribution >= 4 is 16.9 Å². The van der Waals surface area contributed by atoms with Crippen LogP contribution >= 0.6 is 0 Å². The molecule has 1 aromatic carbocycles. The van der Waals surface area contributed by atoms with Crippen LogP contribution in [-0.2, 0) is 16.1 Å². The Morgan fingerprint density at radius 1 is 1.37 bits per heavy atom. The third kappa shape index (κ3) is 3.83. The Morgan fingerprint density at radius 2 is 2.26 bits per heavy atom. The lowest BCUT2D eigenvalue weighted by Gasteiger charge is -2.06. The average Bonchev–Trinajstić information content (AvgIpc) is 2.87. The van der Waals surface area contributed by atoms with Crippen molar-refractivity contribution in [2.45, 2.75) is 26.3 Å². The van der Waals surface area contributed by atoms with Gasteiger partial charge in [-0.2, -0.15) is 0 Å². The van der Waals surface area contributed by atoms with E-state index in [-0.39, 0.29) is 5.97 Å². The normalized spacial score (nSPS) is 10.8. The first-order chi connectivity index (χ1) is 9.31. The molecule has 0 aliphatic heterocycles. The molecular formula is C15H20N2O2. The Kier molecular flexibility index (Phi) is 4.98. The van der Waals surface area contributed by atoms with E-state index >= 15 is 0 Å². The summed E-state index contributed by atoms with van der Waals surface area (Å²) in [5, 5.41) is 4.61. The minimum Gasteiger partial charge on any atom is -0.466 e. The largest absolute Gasteiger partial charge is 0.466 e. The van der Waals surface area contributed by atoms with E-state index in [1.165, 1.54) is 10.9 Å². The van der Waals surface area contributed by atoms with Crippen molar-refractivity contribution in [1.82, 2.24) is 10.3 Å². The Hall–Kier alpha value is -1.81. The summed E-state index contributed by atoms with van der Waals surface area (Å²) in [5.74, 6) is -0.114. The van der Waals surface area contributed by atoms with Crippen LogP contribution < -0.4 is 5.32 Å². The maximum atomic E-state index is 11.2. The zero-order valence-electron chi connectivity index (χ0n) is 11.2. The number of carbonyl (C=O) groups is 1. The van der Waals surface area contributed by atoms with Gasteiger partial charge in [0, 0.05) is 30.1 Å². The number of aromatic amines is 1. The van der Waals surface area contributed by atoms with Crippen LogP contribution in [-0.4, -0.2) is 24.1 Å². The minimum atomic E-state index is -0.114. The van der Waals surface area contributed by atoms with E-state index < -0.39 is 0 Å². The van der Waals surface area contributed by atoms with Crippen LogP contribution in [0.5, 0.6) is 0 Å². The molecule has 4 nitrogen and oxygen atoms in total. The van der Waals surface area contributed by atoms with Gasteiger partial charge in [-0.05, 0) is 37.6 Å². The van der Waals surface area contributed by atoms with Crippen molar-refractivity contribution < 1.29 is 9.53 Å². The van der Waals surface area contributed by atoms with E-state index in [0.717, 1.165) is 25.0 Å². The maximum Gasteiger partial charge on any atom is 0.305 e. The van der Waals surface area contributed by atoms with Gasteiger partial charge in [0.25, 0.3) is 0 Å². The van der Waals surface area contributed by atoms with Gasteiger partial charge < -0.3 is 15.0 Å². The molecule has 0 unspecified atom stereocenters. The van der Waals surface area contributed by atoms with Crippen molar-refractivity contribution in [2.75, 3.05) is 13.2 Å². The molecule has 102 valence electrons. The summed E-state index contributed by atoms with van der Waals surface area (Å²) in [4.78, 5) is 14.4. The monoisotopic (exact) mass is 260 g/mol. The van der Waals surface area contributed by atoms with Crippen LogP contribution in [0.3, 0.4) is 0 Å². The number of fused-ring (bicyclic) bond motifs is 1. The van der Waals surface area contributed by atoms with Gasteiger partial charge >= 0.3 is 5.97 Å². The second-order valence-corrected chi connectivity index (χ2v) is 4.44. The van der Waals surface area contributed by atoms with Crippen LogP contribution in [0.4, 0.5) is 0 Å². The molecule has 0 aliphatic carbocycles. The topological polar surface area (TPSA) is 54.1 Å². The Labute approximate surface area is 113 Å². The Balaban J connectivity index is 1.74. The number of esters is 1. The zero-order chi connectivity index (χ0) is 13.5. The highest BCUT2D eigenvalue weighted by Gasteiger charge is 2.02. The third-order valence-corrected chi connectivity index (χ3v) is 3.04. The number of rotatable bonds is 7. The average molecular weight is 260 g/mol. The van der Waals surface area contributed by atoms with Gasteiger partial charge in [-0.3, -0.25) is 4.79 Å². The molecule has 1 heterocycles. The molecule has 0 saturated carbocycles. The van der Waals surface area contributed by atoms with Gasteiger partial charge in [-0.1, -0.05) is 12.1 Å². The summed E-state index contributed by atoms with van der Waals surface area (Å²) >= 11 is 0. The first-order valence-electron chi connectivity index (χ1n) is 6.72. The lowest BCUT2D eigenvalue weighted by atomic mass is 10.1. The quantitative estimate of drug-likeness (QED) is 0.594. The molecule has 0 radical (unpaired) electrons. The van der Waals surface area contributed by atoms with E-state index in [2.05, 4.69) is 34.6 Å². The van der Waals surface area contributed by atoms with Gasteiger partial charge in [-0.25, -0.2) is 0 Å². The standard InChI is InChI=1S/C15H20N2O2/c1-2-19-15(18)7-4-9-16-11-12-5-3-6-14-13(12)8-10-17-14/h3,5-6,8,10,16-17H,2,4,7,9,11H2,1H3. The molecule has 4 heteroatoms. The van der Waals surface area contributed by atoms with Crippen LogP contribution in [0.25, 0.3) is 10.9 Å². The van der Waals surface area contributed by atoms with Crippen molar-refractivity contribution in [3.05, 3.63) is 36.0 Å². The van der Waals surface area contributed by atoms with Crippen LogP contribution in [0.15, 0.2) is 30.5 Å². The molecule has 0 atom stereocenters. The molecule has 2 N–H and O–H groups in total. The summed E-state index contributed by atoms with van der Waals surface area (Å²) in [6, 6.07) is 8.33. The molecule has 1 aromatic heterocycles. The van der Waals surface area contributed by atoms with Gasteiger partial charge in [0.1, 0.15) is 0 Å². The number of ether oxygens (including phenoxy) is 1. The fourth-order valence-corrected chi connectivity index (χ4v) is 2.12. The number of aromatic nitrogens is 1. The van der Waals surface area contributed by atoms with E-state index in [0.29, 0.717) is 13.0 Å². The van der Waals surface area contributed by atoms with E-state index in [4.69, 9.17) is 4.74 Å². The van der Waals surface area contributed by atoms with Crippen molar-refractivity contribution in [1.29, 1.82) is 0 Å². The van der Waals surface area contributed by atoms with Gasteiger partial charge in [-0.15, -0.1) is 0 Å².